The van der Waals surface area contributed by atoms with E-state index in [1.807, 2.05) is 54.6 Å². The molecule has 1 N–H and O–H groups in total. The Labute approximate surface area is 188 Å². The maximum atomic E-state index is 13.0. The van der Waals surface area contributed by atoms with E-state index in [0.29, 0.717) is 25.3 Å². The summed E-state index contributed by atoms with van der Waals surface area (Å²) in [6, 6.07) is 16.3. The summed E-state index contributed by atoms with van der Waals surface area (Å²) in [5.74, 6) is -0.614. The molecule has 0 saturated carbocycles. The van der Waals surface area contributed by atoms with Crippen LogP contribution in [0, 0.1) is 0 Å². The summed E-state index contributed by atoms with van der Waals surface area (Å²) in [5, 5.41) is 2.72. The van der Waals surface area contributed by atoms with Gasteiger partial charge in [0.05, 0.1) is 13.0 Å². The highest BCUT2D eigenvalue weighted by Gasteiger charge is 2.37. The van der Waals surface area contributed by atoms with Gasteiger partial charge >= 0.3 is 5.97 Å². The van der Waals surface area contributed by atoms with Gasteiger partial charge in [-0.15, -0.1) is 0 Å². The predicted octanol–water partition coefficient (Wildman–Crippen LogP) is 2.52. The molecule has 7 heteroatoms. The number of carbonyl (C=O) groups excluding carboxylic acids is 3. The zero-order chi connectivity index (χ0) is 22.9. The monoisotopic (exact) mass is 438 g/mol. The molecule has 0 bridgehead atoms. The number of hydrogen-bond donors (Lipinski definition) is 1. The average Bonchev–Trinajstić information content (AvgIpc) is 2.81. The van der Waals surface area contributed by atoms with E-state index < -0.39 is 18.1 Å². The number of carbonyl (C=O) groups is 3. The van der Waals surface area contributed by atoms with E-state index in [1.54, 1.807) is 6.92 Å². The fraction of sp³-hybridized carbons (Fsp3) is 0.400. The van der Waals surface area contributed by atoms with Crippen molar-refractivity contribution in [3.8, 4) is 5.75 Å². The van der Waals surface area contributed by atoms with Gasteiger partial charge in [0.2, 0.25) is 5.91 Å². The van der Waals surface area contributed by atoms with Gasteiger partial charge in [0.1, 0.15) is 11.8 Å². The molecule has 2 aromatic rings. The van der Waals surface area contributed by atoms with Crippen molar-refractivity contribution in [3.05, 3.63) is 65.7 Å². The summed E-state index contributed by atoms with van der Waals surface area (Å²) in [6.07, 6.45) is 0.531. The van der Waals surface area contributed by atoms with E-state index in [9.17, 15) is 14.4 Å². The Bertz CT molecular complexity index is 914. The molecule has 1 aliphatic rings. The highest BCUT2D eigenvalue weighted by atomic mass is 16.5. The number of nitrogens with zero attached hydrogens (tertiary/aromatic N) is 1. The van der Waals surface area contributed by atoms with Gasteiger partial charge in [0.25, 0.3) is 5.91 Å². The van der Waals surface area contributed by atoms with Crippen LogP contribution in [-0.4, -0.2) is 54.5 Å². The number of amides is 2. The molecule has 170 valence electrons. The summed E-state index contributed by atoms with van der Waals surface area (Å²) in [5.41, 5.74) is 2.24. The Morgan fingerprint density at radius 1 is 1.09 bits per heavy atom. The zero-order valence-electron chi connectivity index (χ0n) is 18.6. The highest BCUT2D eigenvalue weighted by Crippen LogP contribution is 2.18. The first kappa shape index (κ1) is 23.3. The molecule has 1 heterocycles. The topological polar surface area (TPSA) is 84.9 Å². The third kappa shape index (κ3) is 6.33. The lowest BCUT2D eigenvalue weighted by molar-refractivity contribution is -0.154. The quantitative estimate of drug-likeness (QED) is 0.608. The Kier molecular flexibility index (Phi) is 8.25. The second-order valence-electron chi connectivity index (χ2n) is 7.76. The minimum atomic E-state index is -0.908. The van der Waals surface area contributed by atoms with Crippen LogP contribution in [0.25, 0.3) is 0 Å². The number of ether oxygens (including phenoxy) is 2. The van der Waals surface area contributed by atoms with Gasteiger partial charge in [-0.05, 0) is 36.6 Å². The van der Waals surface area contributed by atoms with E-state index in [-0.39, 0.29) is 24.8 Å². The number of hydrogen-bond acceptors (Lipinski definition) is 5. The zero-order valence-corrected chi connectivity index (χ0v) is 18.6. The largest absolute Gasteiger partial charge is 0.481 e. The molecular weight excluding hydrogens is 408 g/mol. The predicted molar refractivity (Wildman–Crippen MR) is 120 cm³/mol. The van der Waals surface area contributed by atoms with Crippen molar-refractivity contribution >= 4 is 17.8 Å². The van der Waals surface area contributed by atoms with Crippen LogP contribution in [0.5, 0.6) is 5.75 Å². The Hall–Kier alpha value is -3.35. The standard InChI is InChI=1S/C25H30N2O5/c1-3-19-9-11-21(12-10-19)32-18(2)25(30)27-15-14-26-24(29)22(27)17-23(28)31-16-13-20-7-5-4-6-8-20/h4-12,18,22H,3,13-17H2,1-2H3,(H,26,29). The molecule has 1 saturated heterocycles. The molecule has 0 spiro atoms. The van der Waals surface area contributed by atoms with Crippen molar-refractivity contribution in [2.75, 3.05) is 19.7 Å². The van der Waals surface area contributed by atoms with Gasteiger partial charge in [-0.3, -0.25) is 14.4 Å². The fourth-order valence-electron chi connectivity index (χ4n) is 3.62. The molecule has 1 aliphatic heterocycles. The molecule has 0 radical (unpaired) electrons. The minimum Gasteiger partial charge on any atom is -0.481 e. The van der Waals surface area contributed by atoms with Gasteiger partial charge in [-0.2, -0.15) is 0 Å². The van der Waals surface area contributed by atoms with Crippen LogP contribution in [0.2, 0.25) is 0 Å². The van der Waals surface area contributed by atoms with Gasteiger partial charge < -0.3 is 19.7 Å². The summed E-state index contributed by atoms with van der Waals surface area (Å²) in [6.45, 7) is 4.59. The average molecular weight is 439 g/mol. The fourth-order valence-corrected chi connectivity index (χ4v) is 3.62. The van der Waals surface area contributed by atoms with Gasteiger partial charge in [-0.1, -0.05) is 49.4 Å². The molecule has 32 heavy (non-hydrogen) atoms. The normalized spacial score (nSPS) is 16.8. The number of benzene rings is 2. The second-order valence-corrected chi connectivity index (χ2v) is 7.76. The molecule has 0 aliphatic carbocycles. The van der Waals surface area contributed by atoms with E-state index in [0.717, 1.165) is 12.0 Å². The van der Waals surface area contributed by atoms with Crippen LogP contribution in [-0.2, 0) is 32.0 Å². The van der Waals surface area contributed by atoms with Crippen molar-refractivity contribution in [2.45, 2.75) is 45.3 Å². The first-order valence-corrected chi connectivity index (χ1v) is 11.0. The SMILES string of the molecule is CCc1ccc(OC(C)C(=O)N2CCNC(=O)C2CC(=O)OCCc2ccccc2)cc1. The molecule has 2 atom stereocenters. The number of rotatable bonds is 9. The van der Waals surface area contributed by atoms with Gasteiger partial charge in [0, 0.05) is 19.5 Å². The summed E-state index contributed by atoms with van der Waals surface area (Å²) >= 11 is 0. The second kappa shape index (κ2) is 11.3. The number of aryl methyl sites for hydroxylation is 1. The van der Waals surface area contributed by atoms with E-state index in [4.69, 9.17) is 9.47 Å². The van der Waals surface area contributed by atoms with Crippen molar-refractivity contribution in [3.63, 3.8) is 0 Å². The summed E-state index contributed by atoms with van der Waals surface area (Å²) < 4.78 is 11.1. The number of piperazine rings is 1. The van der Waals surface area contributed by atoms with Crippen LogP contribution >= 0.6 is 0 Å². The first-order valence-electron chi connectivity index (χ1n) is 11.0. The molecule has 2 aromatic carbocycles. The van der Waals surface area contributed by atoms with Crippen molar-refractivity contribution in [2.24, 2.45) is 0 Å². The molecule has 0 aromatic heterocycles. The van der Waals surface area contributed by atoms with Crippen molar-refractivity contribution < 1.29 is 23.9 Å². The van der Waals surface area contributed by atoms with Gasteiger partial charge in [-0.25, -0.2) is 0 Å². The highest BCUT2D eigenvalue weighted by molar-refractivity contribution is 5.93. The Balaban J connectivity index is 1.56. The number of esters is 1. The third-order valence-corrected chi connectivity index (χ3v) is 5.46. The maximum Gasteiger partial charge on any atom is 0.308 e. The van der Waals surface area contributed by atoms with Crippen molar-refractivity contribution in [1.82, 2.24) is 10.2 Å². The smallest absolute Gasteiger partial charge is 0.308 e. The summed E-state index contributed by atoms with van der Waals surface area (Å²) in [7, 11) is 0. The van der Waals surface area contributed by atoms with Gasteiger partial charge in [0.15, 0.2) is 6.10 Å². The number of nitrogens with one attached hydrogen (secondary N) is 1. The molecule has 3 rings (SSSR count). The Morgan fingerprint density at radius 3 is 2.50 bits per heavy atom. The van der Waals surface area contributed by atoms with Crippen LogP contribution in [0.1, 0.15) is 31.4 Å². The van der Waals surface area contributed by atoms with Crippen molar-refractivity contribution in [1.29, 1.82) is 0 Å². The lowest BCUT2D eigenvalue weighted by Gasteiger charge is -2.36. The first-order chi connectivity index (χ1) is 15.5. The maximum absolute atomic E-state index is 13.0. The van der Waals surface area contributed by atoms with Crippen LogP contribution in [0.15, 0.2) is 54.6 Å². The van der Waals surface area contributed by atoms with E-state index >= 15 is 0 Å². The minimum absolute atomic E-state index is 0.190. The molecule has 1 fully saturated rings. The summed E-state index contributed by atoms with van der Waals surface area (Å²) in [4.78, 5) is 39.3. The molecular formula is C25H30N2O5. The van der Waals surface area contributed by atoms with E-state index in [1.165, 1.54) is 10.5 Å². The lowest BCUT2D eigenvalue weighted by atomic mass is 10.1. The van der Waals surface area contributed by atoms with Crippen LogP contribution in [0.4, 0.5) is 0 Å². The Morgan fingerprint density at radius 2 is 1.81 bits per heavy atom. The van der Waals surface area contributed by atoms with Crippen LogP contribution < -0.4 is 10.1 Å². The third-order valence-electron chi connectivity index (χ3n) is 5.46. The van der Waals surface area contributed by atoms with E-state index in [2.05, 4.69) is 12.2 Å². The lowest BCUT2D eigenvalue weighted by Crippen LogP contribution is -2.60. The van der Waals surface area contributed by atoms with Crippen LogP contribution in [0.3, 0.4) is 0 Å². The molecule has 2 amide bonds. The molecule has 7 nitrogen and oxygen atoms in total. The molecule has 2 unspecified atom stereocenters.